The first-order valence-corrected chi connectivity index (χ1v) is 7.77. The number of benzene rings is 2. The number of nitrogens with zero attached hydrogens (tertiary/aromatic N) is 2. The van der Waals surface area contributed by atoms with Gasteiger partial charge in [0.05, 0.1) is 5.69 Å². The summed E-state index contributed by atoms with van der Waals surface area (Å²) < 4.78 is 0. The van der Waals surface area contributed by atoms with Gasteiger partial charge in [-0.05, 0) is 23.6 Å². The SMILES string of the molecule is Cc1ccc2c(c1)Cc1nc(Cc3ccccc3)nc(Cl)c1-2. The van der Waals surface area contributed by atoms with Gasteiger partial charge < -0.3 is 0 Å². The molecule has 0 fully saturated rings. The highest BCUT2D eigenvalue weighted by atomic mass is 35.5. The van der Waals surface area contributed by atoms with Gasteiger partial charge in [0.15, 0.2) is 0 Å². The second-order valence-corrected chi connectivity index (χ2v) is 6.11. The quantitative estimate of drug-likeness (QED) is 0.506. The smallest absolute Gasteiger partial charge is 0.140 e. The summed E-state index contributed by atoms with van der Waals surface area (Å²) in [6, 6.07) is 16.7. The maximum absolute atomic E-state index is 6.46. The van der Waals surface area contributed by atoms with Crippen LogP contribution in [0.5, 0.6) is 0 Å². The van der Waals surface area contributed by atoms with E-state index in [1.165, 1.54) is 22.3 Å². The Morgan fingerprint density at radius 3 is 2.68 bits per heavy atom. The van der Waals surface area contributed by atoms with Crippen LogP contribution in [0.3, 0.4) is 0 Å². The monoisotopic (exact) mass is 306 g/mol. The van der Waals surface area contributed by atoms with Gasteiger partial charge in [0, 0.05) is 18.4 Å². The van der Waals surface area contributed by atoms with Crippen molar-refractivity contribution >= 4 is 11.6 Å². The molecule has 0 bridgehead atoms. The molecule has 1 aromatic heterocycles. The van der Waals surface area contributed by atoms with Gasteiger partial charge in [-0.15, -0.1) is 0 Å². The molecule has 0 amide bonds. The Morgan fingerprint density at radius 2 is 1.86 bits per heavy atom. The molecule has 0 atom stereocenters. The van der Waals surface area contributed by atoms with Crippen LogP contribution < -0.4 is 0 Å². The van der Waals surface area contributed by atoms with Crippen LogP contribution in [0.4, 0.5) is 0 Å². The second-order valence-electron chi connectivity index (χ2n) is 5.75. The standard InChI is InChI=1S/C19H15ClN2/c1-12-7-8-15-14(9-12)11-16-18(15)19(20)22-17(21-16)10-13-5-3-2-4-6-13/h2-9H,10-11H2,1H3. The van der Waals surface area contributed by atoms with Crippen molar-refractivity contribution in [1.82, 2.24) is 9.97 Å². The minimum Gasteiger partial charge on any atom is -0.236 e. The van der Waals surface area contributed by atoms with Gasteiger partial charge in [0.2, 0.25) is 0 Å². The fourth-order valence-electron chi connectivity index (χ4n) is 3.07. The van der Waals surface area contributed by atoms with Crippen LogP contribution in [0.2, 0.25) is 5.15 Å². The van der Waals surface area contributed by atoms with E-state index < -0.39 is 0 Å². The van der Waals surface area contributed by atoms with Gasteiger partial charge in [0.1, 0.15) is 11.0 Å². The highest BCUT2D eigenvalue weighted by Gasteiger charge is 2.24. The van der Waals surface area contributed by atoms with Gasteiger partial charge in [-0.1, -0.05) is 65.7 Å². The highest BCUT2D eigenvalue weighted by molar-refractivity contribution is 6.32. The van der Waals surface area contributed by atoms with E-state index in [0.29, 0.717) is 11.6 Å². The molecule has 0 radical (unpaired) electrons. The van der Waals surface area contributed by atoms with Crippen LogP contribution in [0.25, 0.3) is 11.1 Å². The number of aryl methyl sites for hydroxylation is 1. The molecule has 0 unspecified atom stereocenters. The van der Waals surface area contributed by atoms with Crippen LogP contribution in [0, 0.1) is 6.92 Å². The summed E-state index contributed by atoms with van der Waals surface area (Å²) in [6.07, 6.45) is 1.56. The normalized spacial score (nSPS) is 12.1. The van der Waals surface area contributed by atoms with Crippen LogP contribution in [0.15, 0.2) is 48.5 Å². The summed E-state index contributed by atoms with van der Waals surface area (Å²) in [7, 11) is 0. The maximum atomic E-state index is 6.46. The van der Waals surface area contributed by atoms with Crippen molar-refractivity contribution in [3.8, 4) is 11.1 Å². The third-order valence-electron chi connectivity index (χ3n) is 4.08. The van der Waals surface area contributed by atoms with E-state index in [1.54, 1.807) is 0 Å². The van der Waals surface area contributed by atoms with Crippen molar-refractivity contribution < 1.29 is 0 Å². The van der Waals surface area contributed by atoms with E-state index in [-0.39, 0.29) is 0 Å². The van der Waals surface area contributed by atoms with E-state index in [1.807, 2.05) is 18.2 Å². The molecule has 0 N–H and O–H groups in total. The molecule has 1 aliphatic carbocycles. The molecule has 108 valence electrons. The van der Waals surface area contributed by atoms with Crippen LogP contribution >= 0.6 is 11.6 Å². The van der Waals surface area contributed by atoms with E-state index in [4.69, 9.17) is 16.6 Å². The van der Waals surface area contributed by atoms with Crippen molar-refractivity contribution in [2.75, 3.05) is 0 Å². The Bertz CT molecular complexity index is 857. The number of hydrogen-bond acceptors (Lipinski definition) is 2. The summed E-state index contributed by atoms with van der Waals surface area (Å²) in [5.74, 6) is 0.791. The lowest BCUT2D eigenvalue weighted by atomic mass is 10.1. The van der Waals surface area contributed by atoms with Crippen LogP contribution in [-0.2, 0) is 12.8 Å². The zero-order valence-corrected chi connectivity index (χ0v) is 13.1. The Hall–Kier alpha value is -2.19. The van der Waals surface area contributed by atoms with Gasteiger partial charge in [0.25, 0.3) is 0 Å². The number of halogens is 1. The molecule has 1 aliphatic rings. The molecule has 0 aliphatic heterocycles. The van der Waals surface area contributed by atoms with Crippen molar-refractivity contribution in [1.29, 1.82) is 0 Å². The first-order chi connectivity index (χ1) is 10.7. The Balaban J connectivity index is 1.75. The Labute approximate surface area is 134 Å². The third-order valence-corrected chi connectivity index (χ3v) is 4.35. The lowest BCUT2D eigenvalue weighted by molar-refractivity contribution is 0.934. The van der Waals surface area contributed by atoms with E-state index in [2.05, 4.69) is 42.2 Å². The maximum Gasteiger partial charge on any atom is 0.140 e. The Morgan fingerprint density at radius 1 is 1.05 bits per heavy atom. The second kappa shape index (κ2) is 5.22. The largest absolute Gasteiger partial charge is 0.236 e. The Kier molecular flexibility index (Phi) is 3.20. The summed E-state index contributed by atoms with van der Waals surface area (Å²) in [5.41, 5.74) is 6.99. The highest BCUT2D eigenvalue weighted by Crippen LogP contribution is 2.39. The van der Waals surface area contributed by atoms with E-state index >= 15 is 0 Å². The predicted molar refractivity (Wildman–Crippen MR) is 89.3 cm³/mol. The topological polar surface area (TPSA) is 25.8 Å². The molecule has 4 rings (SSSR count). The lowest BCUT2D eigenvalue weighted by Crippen LogP contribution is -2.01. The molecule has 0 saturated carbocycles. The van der Waals surface area contributed by atoms with Crippen molar-refractivity contribution in [2.24, 2.45) is 0 Å². The van der Waals surface area contributed by atoms with Gasteiger partial charge in [-0.3, -0.25) is 0 Å². The van der Waals surface area contributed by atoms with Crippen molar-refractivity contribution in [3.05, 3.63) is 81.9 Å². The fraction of sp³-hybridized carbons (Fsp3) is 0.158. The summed E-state index contributed by atoms with van der Waals surface area (Å²) in [4.78, 5) is 9.27. The number of fused-ring (bicyclic) bond motifs is 3. The molecule has 22 heavy (non-hydrogen) atoms. The fourth-order valence-corrected chi connectivity index (χ4v) is 3.38. The zero-order chi connectivity index (χ0) is 15.1. The number of rotatable bonds is 2. The average molecular weight is 307 g/mol. The van der Waals surface area contributed by atoms with Crippen LogP contribution in [-0.4, -0.2) is 9.97 Å². The molecular weight excluding hydrogens is 292 g/mol. The summed E-state index contributed by atoms with van der Waals surface area (Å²) in [5, 5.41) is 0.568. The first-order valence-electron chi connectivity index (χ1n) is 7.40. The molecule has 3 heteroatoms. The van der Waals surface area contributed by atoms with Gasteiger partial charge >= 0.3 is 0 Å². The molecule has 2 aromatic carbocycles. The minimum absolute atomic E-state index is 0.568. The molecule has 1 heterocycles. The van der Waals surface area contributed by atoms with E-state index in [0.717, 1.165) is 23.5 Å². The van der Waals surface area contributed by atoms with Gasteiger partial charge in [-0.2, -0.15) is 0 Å². The van der Waals surface area contributed by atoms with Crippen molar-refractivity contribution in [2.45, 2.75) is 19.8 Å². The van der Waals surface area contributed by atoms with E-state index in [9.17, 15) is 0 Å². The number of aromatic nitrogens is 2. The number of hydrogen-bond donors (Lipinski definition) is 0. The minimum atomic E-state index is 0.568. The molecular formula is C19H15ClN2. The summed E-state index contributed by atoms with van der Waals surface area (Å²) in [6.45, 7) is 2.11. The summed E-state index contributed by atoms with van der Waals surface area (Å²) >= 11 is 6.46. The van der Waals surface area contributed by atoms with Crippen molar-refractivity contribution in [3.63, 3.8) is 0 Å². The van der Waals surface area contributed by atoms with Crippen LogP contribution in [0.1, 0.15) is 28.2 Å². The molecule has 0 spiro atoms. The zero-order valence-electron chi connectivity index (χ0n) is 12.3. The molecule has 0 saturated heterocycles. The predicted octanol–water partition coefficient (Wildman–Crippen LogP) is 4.60. The lowest BCUT2D eigenvalue weighted by Gasteiger charge is -2.06. The first kappa shape index (κ1) is 13.5. The third kappa shape index (κ3) is 2.30. The molecule has 2 nitrogen and oxygen atoms in total. The van der Waals surface area contributed by atoms with Gasteiger partial charge in [-0.25, -0.2) is 9.97 Å². The average Bonchev–Trinajstić information content (AvgIpc) is 2.85. The molecule has 3 aromatic rings.